The first-order valence-electron chi connectivity index (χ1n) is 15.7. The molecule has 238 valence electrons. The second-order valence-corrected chi connectivity index (χ2v) is 11.8. The average Bonchev–Trinajstić information content (AvgIpc) is 3.48. The molecule has 47 heavy (non-hydrogen) atoms. The van der Waals surface area contributed by atoms with Crippen LogP contribution in [0.25, 0.3) is 33.4 Å². The molecule has 9 nitrogen and oxygen atoms in total. The molecule has 0 bridgehead atoms. The number of methoxy groups -OCH3 is 1. The molecule has 0 fully saturated rings. The third-order valence-corrected chi connectivity index (χ3v) is 8.65. The van der Waals surface area contributed by atoms with Crippen LogP contribution in [0.4, 0.5) is 10.2 Å². The first-order chi connectivity index (χ1) is 22.9. The van der Waals surface area contributed by atoms with E-state index < -0.39 is 0 Å². The Hall–Kier alpha value is -5.51. The number of ether oxygens (including phenoxy) is 2. The van der Waals surface area contributed by atoms with Crippen molar-refractivity contribution in [2.45, 2.75) is 19.8 Å². The van der Waals surface area contributed by atoms with Crippen molar-refractivity contribution < 1.29 is 13.9 Å². The zero-order chi connectivity index (χ0) is 32.3. The van der Waals surface area contributed by atoms with Gasteiger partial charge >= 0.3 is 0 Å². The molecule has 2 aromatic heterocycles. The molecule has 1 aliphatic carbocycles. The highest BCUT2D eigenvalue weighted by molar-refractivity contribution is 6.05. The van der Waals surface area contributed by atoms with Gasteiger partial charge in [0, 0.05) is 73.7 Å². The summed E-state index contributed by atoms with van der Waals surface area (Å²) in [6.07, 6.45) is 9.50. The van der Waals surface area contributed by atoms with Crippen LogP contribution in [0.3, 0.4) is 0 Å². The van der Waals surface area contributed by atoms with E-state index in [9.17, 15) is 0 Å². The predicted octanol–water partition coefficient (Wildman–Crippen LogP) is 6.75. The van der Waals surface area contributed by atoms with Crippen LogP contribution in [0.1, 0.15) is 18.2 Å². The van der Waals surface area contributed by atoms with E-state index in [0.717, 1.165) is 54.2 Å². The van der Waals surface area contributed by atoms with Crippen LogP contribution in [-0.2, 0) is 12.8 Å². The smallest absolute Gasteiger partial charge is 0.164 e. The van der Waals surface area contributed by atoms with E-state index in [4.69, 9.17) is 24.4 Å². The van der Waals surface area contributed by atoms with Gasteiger partial charge in [-0.05, 0) is 35.8 Å². The van der Waals surface area contributed by atoms with Crippen LogP contribution >= 0.6 is 0 Å². The summed E-state index contributed by atoms with van der Waals surface area (Å²) in [5.41, 5.74) is 6.60. The highest BCUT2D eigenvalue weighted by Crippen LogP contribution is 2.37. The first-order valence-corrected chi connectivity index (χ1v) is 15.7. The first kappa shape index (κ1) is 30.2. The largest absolute Gasteiger partial charge is 0.493 e. The molecule has 0 unspecified atom stereocenters. The Morgan fingerprint density at radius 3 is 2.64 bits per heavy atom. The standard InChI is InChI=1S/C37H36FN7O2/c1-24-9-12-31-27(23-39-43-31)20-32(24)40-37-29-21-35(47-18-17-45-15-13-44(2)14-16-45)34(46-3)22-33(29)41-36(42-37)26-10-11-28(30(38)19-26)25-7-5-4-6-8-25/h4-11,13,15,19,21-23H,12,14,16-18,20H2,1-3H3,(H,39,43). The summed E-state index contributed by atoms with van der Waals surface area (Å²) in [4.78, 5) is 19.4. The van der Waals surface area contributed by atoms with Crippen molar-refractivity contribution in [2.24, 2.45) is 4.99 Å². The van der Waals surface area contributed by atoms with Crippen molar-refractivity contribution in [3.05, 3.63) is 108 Å². The SMILES string of the molecule is COc1cc2nc(-c3ccc(-c4ccccc4)c(F)c3)nc(N=C3Cc4cn[nH]c4CC=C3C)c2cc1OCCN1C=CN(C)CC1. The Morgan fingerprint density at radius 1 is 0.979 bits per heavy atom. The van der Waals surface area contributed by atoms with E-state index in [0.29, 0.717) is 58.2 Å². The van der Waals surface area contributed by atoms with Crippen LogP contribution in [-0.4, -0.2) is 76.1 Å². The summed E-state index contributed by atoms with van der Waals surface area (Å²) >= 11 is 0. The Morgan fingerprint density at radius 2 is 1.85 bits per heavy atom. The summed E-state index contributed by atoms with van der Waals surface area (Å²) in [7, 11) is 3.68. The maximum Gasteiger partial charge on any atom is 0.164 e. The molecule has 0 saturated heterocycles. The summed E-state index contributed by atoms with van der Waals surface area (Å²) in [5.74, 6) is 1.62. The lowest BCUT2D eigenvalue weighted by Crippen LogP contribution is -2.34. The van der Waals surface area contributed by atoms with E-state index in [2.05, 4.69) is 52.4 Å². The molecule has 2 aliphatic rings. The third-order valence-electron chi connectivity index (χ3n) is 8.65. The molecule has 10 heteroatoms. The summed E-state index contributed by atoms with van der Waals surface area (Å²) in [6.45, 7) is 5.16. The molecule has 3 aromatic carbocycles. The van der Waals surface area contributed by atoms with Gasteiger partial charge in [-0.15, -0.1) is 0 Å². The summed E-state index contributed by atoms with van der Waals surface area (Å²) in [5, 5.41) is 8.05. The number of nitrogens with one attached hydrogen (secondary N) is 1. The fourth-order valence-electron chi connectivity index (χ4n) is 5.83. The zero-order valence-corrected chi connectivity index (χ0v) is 26.7. The van der Waals surface area contributed by atoms with E-state index in [-0.39, 0.29) is 5.82 Å². The Kier molecular flexibility index (Phi) is 8.39. The second-order valence-electron chi connectivity index (χ2n) is 11.8. The van der Waals surface area contributed by atoms with Crippen molar-refractivity contribution in [3.8, 4) is 34.0 Å². The van der Waals surface area contributed by atoms with Crippen molar-refractivity contribution in [2.75, 3.05) is 40.4 Å². The monoisotopic (exact) mass is 629 g/mol. The molecule has 0 saturated carbocycles. The van der Waals surface area contributed by atoms with Crippen molar-refractivity contribution in [1.29, 1.82) is 0 Å². The number of nitrogens with zero attached hydrogens (tertiary/aromatic N) is 6. The molecular formula is C37H36FN7O2. The third kappa shape index (κ3) is 6.44. The van der Waals surface area contributed by atoms with E-state index in [1.807, 2.05) is 54.7 Å². The van der Waals surface area contributed by atoms with E-state index in [1.54, 1.807) is 13.2 Å². The molecule has 0 atom stereocenters. The molecule has 0 spiro atoms. The van der Waals surface area contributed by atoms with Crippen molar-refractivity contribution >= 4 is 22.4 Å². The lowest BCUT2D eigenvalue weighted by atomic mass is 10.0. The van der Waals surface area contributed by atoms with Crippen LogP contribution < -0.4 is 9.47 Å². The fourth-order valence-corrected chi connectivity index (χ4v) is 5.83. The van der Waals surface area contributed by atoms with Crippen LogP contribution in [0.5, 0.6) is 11.5 Å². The highest BCUT2D eigenvalue weighted by Gasteiger charge is 2.19. The maximum absolute atomic E-state index is 15.5. The van der Waals surface area contributed by atoms with Gasteiger partial charge in [-0.3, -0.25) is 5.10 Å². The topological polar surface area (TPSA) is 91.8 Å². The average molecular weight is 630 g/mol. The molecule has 0 amide bonds. The van der Waals surface area contributed by atoms with Gasteiger partial charge in [0.1, 0.15) is 12.4 Å². The number of H-pyrrole nitrogens is 1. The van der Waals surface area contributed by atoms with Gasteiger partial charge in [-0.1, -0.05) is 48.5 Å². The number of aromatic amines is 1. The molecular weight excluding hydrogens is 593 g/mol. The van der Waals surface area contributed by atoms with Crippen LogP contribution in [0.15, 0.2) is 95.9 Å². The van der Waals surface area contributed by atoms with Gasteiger partial charge in [0.05, 0.1) is 31.1 Å². The molecule has 0 radical (unpaired) electrons. The number of aromatic nitrogens is 4. The van der Waals surface area contributed by atoms with Gasteiger partial charge < -0.3 is 19.3 Å². The lowest BCUT2D eigenvalue weighted by molar-refractivity contribution is 0.222. The van der Waals surface area contributed by atoms with Gasteiger partial charge in [0.2, 0.25) is 0 Å². The van der Waals surface area contributed by atoms with E-state index in [1.165, 1.54) is 6.07 Å². The Labute approximate surface area is 273 Å². The number of aliphatic imine (C=N–C) groups is 1. The Balaban J connectivity index is 1.30. The number of hydrogen-bond donors (Lipinski definition) is 1. The zero-order valence-electron chi connectivity index (χ0n) is 26.7. The minimum atomic E-state index is -0.350. The van der Waals surface area contributed by atoms with Crippen LogP contribution in [0, 0.1) is 5.82 Å². The molecule has 7 rings (SSSR count). The van der Waals surface area contributed by atoms with Gasteiger partial charge in [0.15, 0.2) is 23.1 Å². The van der Waals surface area contributed by atoms with Gasteiger partial charge in [0.25, 0.3) is 0 Å². The quantitative estimate of drug-likeness (QED) is 0.203. The maximum atomic E-state index is 15.5. The highest BCUT2D eigenvalue weighted by atomic mass is 19.1. The van der Waals surface area contributed by atoms with Crippen molar-refractivity contribution in [3.63, 3.8) is 0 Å². The fraction of sp³-hybridized carbons (Fsp3) is 0.243. The normalized spacial score (nSPS) is 15.5. The number of benzene rings is 3. The minimum absolute atomic E-state index is 0.350. The van der Waals surface area contributed by atoms with Crippen molar-refractivity contribution in [1.82, 2.24) is 30.0 Å². The molecule has 1 aliphatic heterocycles. The molecule has 5 aromatic rings. The number of hydrogen-bond acceptors (Lipinski definition) is 8. The van der Waals surface area contributed by atoms with Gasteiger partial charge in [-0.2, -0.15) is 5.10 Å². The number of allylic oxidation sites excluding steroid dienone is 2. The second kappa shape index (κ2) is 13.1. The minimum Gasteiger partial charge on any atom is -0.493 e. The van der Waals surface area contributed by atoms with Gasteiger partial charge in [-0.25, -0.2) is 19.4 Å². The summed E-state index contributed by atoms with van der Waals surface area (Å²) < 4.78 is 27.6. The van der Waals surface area contributed by atoms with Crippen LogP contribution in [0.2, 0.25) is 0 Å². The number of likely N-dealkylation sites (N-methyl/N-ethyl adjacent to an activating group) is 1. The Bertz CT molecular complexity index is 2020. The number of rotatable bonds is 8. The lowest BCUT2D eigenvalue weighted by Gasteiger charge is -2.28. The number of halogens is 1. The van der Waals surface area contributed by atoms with E-state index >= 15 is 4.39 Å². The summed E-state index contributed by atoms with van der Waals surface area (Å²) in [6, 6.07) is 18.3. The number of fused-ring (bicyclic) bond motifs is 2. The molecule has 3 heterocycles. The molecule has 1 N–H and O–H groups in total. The predicted molar refractivity (Wildman–Crippen MR) is 183 cm³/mol.